The Labute approximate surface area is 103 Å². The van der Waals surface area contributed by atoms with Crippen LogP contribution in [0.2, 0.25) is 0 Å². The maximum Gasteiger partial charge on any atom is 0.231 e. The van der Waals surface area contributed by atoms with Gasteiger partial charge in [0.15, 0.2) is 0 Å². The number of aromatic nitrogens is 1. The third-order valence-corrected chi connectivity index (χ3v) is 2.78. The van der Waals surface area contributed by atoms with Crippen molar-refractivity contribution in [2.24, 2.45) is 0 Å². The Morgan fingerprint density at radius 1 is 1.41 bits per heavy atom. The van der Waals surface area contributed by atoms with Crippen LogP contribution in [0, 0.1) is 18.3 Å². The van der Waals surface area contributed by atoms with E-state index in [1.54, 1.807) is 6.20 Å². The van der Waals surface area contributed by atoms with Gasteiger partial charge >= 0.3 is 0 Å². The lowest BCUT2D eigenvalue weighted by molar-refractivity contribution is 0.217. The Balaban J connectivity index is 2.58. The SMILES string of the molecule is CCN(CC)CCOc1nccc(C)c1C#N. The molecule has 1 rings (SSSR count). The number of ether oxygens (including phenoxy) is 1. The smallest absolute Gasteiger partial charge is 0.231 e. The average Bonchev–Trinajstić information content (AvgIpc) is 2.35. The highest BCUT2D eigenvalue weighted by Gasteiger charge is 2.08. The van der Waals surface area contributed by atoms with Crippen LogP contribution in [0.3, 0.4) is 0 Å². The van der Waals surface area contributed by atoms with E-state index < -0.39 is 0 Å². The first-order valence-electron chi connectivity index (χ1n) is 5.93. The highest BCUT2D eigenvalue weighted by atomic mass is 16.5. The van der Waals surface area contributed by atoms with Gasteiger partial charge in [-0.2, -0.15) is 5.26 Å². The van der Waals surface area contributed by atoms with Crippen molar-refractivity contribution in [1.82, 2.24) is 9.88 Å². The predicted octanol–water partition coefficient (Wildman–Crippen LogP) is 1.98. The van der Waals surface area contributed by atoms with Gasteiger partial charge in [0, 0.05) is 12.7 Å². The Morgan fingerprint density at radius 2 is 2.12 bits per heavy atom. The highest BCUT2D eigenvalue weighted by molar-refractivity contribution is 5.43. The molecule has 0 bridgehead atoms. The van der Waals surface area contributed by atoms with Crippen molar-refractivity contribution in [1.29, 1.82) is 5.26 Å². The molecular weight excluding hydrogens is 214 g/mol. The second-order valence-corrected chi connectivity index (χ2v) is 3.80. The normalized spacial score (nSPS) is 10.3. The summed E-state index contributed by atoms with van der Waals surface area (Å²) in [6, 6.07) is 3.94. The first-order valence-corrected chi connectivity index (χ1v) is 5.93. The highest BCUT2D eigenvalue weighted by Crippen LogP contribution is 2.17. The second kappa shape index (κ2) is 6.87. The van der Waals surface area contributed by atoms with Gasteiger partial charge in [-0.25, -0.2) is 4.98 Å². The van der Waals surface area contributed by atoms with Crippen LogP contribution < -0.4 is 4.74 Å². The van der Waals surface area contributed by atoms with Crippen LogP contribution in [0.25, 0.3) is 0 Å². The molecular formula is C13H19N3O. The molecule has 0 amide bonds. The van der Waals surface area contributed by atoms with E-state index in [-0.39, 0.29) is 0 Å². The molecule has 0 saturated carbocycles. The number of rotatable bonds is 6. The summed E-state index contributed by atoms with van der Waals surface area (Å²) in [7, 11) is 0. The first kappa shape index (κ1) is 13.5. The average molecular weight is 233 g/mol. The lowest BCUT2D eigenvalue weighted by Crippen LogP contribution is -2.28. The van der Waals surface area contributed by atoms with Gasteiger partial charge in [0.2, 0.25) is 5.88 Å². The monoisotopic (exact) mass is 233 g/mol. The molecule has 0 fully saturated rings. The third kappa shape index (κ3) is 3.72. The zero-order chi connectivity index (χ0) is 12.7. The molecule has 0 spiro atoms. The number of pyridine rings is 1. The number of likely N-dealkylation sites (N-methyl/N-ethyl adjacent to an activating group) is 1. The van der Waals surface area contributed by atoms with Crippen LogP contribution in [0.1, 0.15) is 25.0 Å². The van der Waals surface area contributed by atoms with Crippen molar-refractivity contribution < 1.29 is 4.74 Å². The minimum atomic E-state index is 0.444. The van der Waals surface area contributed by atoms with Crippen molar-refractivity contribution in [3.8, 4) is 11.9 Å². The van der Waals surface area contributed by atoms with Crippen molar-refractivity contribution in [3.63, 3.8) is 0 Å². The molecule has 0 aliphatic heterocycles. The van der Waals surface area contributed by atoms with Gasteiger partial charge < -0.3 is 9.64 Å². The van der Waals surface area contributed by atoms with Crippen LogP contribution in [-0.2, 0) is 0 Å². The number of hydrogen-bond acceptors (Lipinski definition) is 4. The van der Waals surface area contributed by atoms with Crippen molar-refractivity contribution in [2.75, 3.05) is 26.2 Å². The molecule has 0 radical (unpaired) electrons. The van der Waals surface area contributed by atoms with Gasteiger partial charge in [-0.1, -0.05) is 13.8 Å². The summed E-state index contributed by atoms with van der Waals surface area (Å²) in [5.41, 5.74) is 1.44. The molecule has 1 aromatic heterocycles. The summed E-state index contributed by atoms with van der Waals surface area (Å²) >= 11 is 0. The van der Waals surface area contributed by atoms with Gasteiger partial charge in [-0.15, -0.1) is 0 Å². The van der Waals surface area contributed by atoms with E-state index >= 15 is 0 Å². The Kier molecular flexibility index (Phi) is 5.44. The molecule has 92 valence electrons. The Hall–Kier alpha value is -1.60. The number of nitrogens with zero attached hydrogens (tertiary/aromatic N) is 3. The zero-order valence-corrected chi connectivity index (χ0v) is 10.7. The molecule has 1 heterocycles. The van der Waals surface area contributed by atoms with E-state index in [1.807, 2.05) is 13.0 Å². The molecule has 0 aliphatic carbocycles. The van der Waals surface area contributed by atoms with E-state index in [1.165, 1.54) is 0 Å². The van der Waals surface area contributed by atoms with Crippen LogP contribution in [0.5, 0.6) is 5.88 Å². The molecule has 4 heteroatoms. The molecule has 0 aromatic carbocycles. The Bertz CT molecular complexity index is 394. The minimum Gasteiger partial charge on any atom is -0.475 e. The topological polar surface area (TPSA) is 49.1 Å². The van der Waals surface area contributed by atoms with E-state index in [0.717, 1.165) is 25.2 Å². The minimum absolute atomic E-state index is 0.444. The molecule has 0 aliphatic rings. The van der Waals surface area contributed by atoms with Crippen LogP contribution in [0.4, 0.5) is 0 Å². The van der Waals surface area contributed by atoms with E-state index in [9.17, 15) is 0 Å². The van der Waals surface area contributed by atoms with Crippen molar-refractivity contribution in [2.45, 2.75) is 20.8 Å². The molecule has 0 atom stereocenters. The second-order valence-electron chi connectivity index (χ2n) is 3.80. The van der Waals surface area contributed by atoms with Crippen LogP contribution >= 0.6 is 0 Å². The standard InChI is InChI=1S/C13H19N3O/c1-4-16(5-2)8-9-17-13-12(10-14)11(3)6-7-15-13/h6-7H,4-5,8-9H2,1-3H3. The summed E-state index contributed by atoms with van der Waals surface area (Å²) in [6.07, 6.45) is 1.67. The zero-order valence-electron chi connectivity index (χ0n) is 10.7. The van der Waals surface area contributed by atoms with E-state index in [0.29, 0.717) is 18.1 Å². The molecule has 17 heavy (non-hydrogen) atoms. The van der Waals surface area contributed by atoms with Crippen LogP contribution in [-0.4, -0.2) is 36.1 Å². The summed E-state index contributed by atoms with van der Waals surface area (Å²) in [5, 5.41) is 9.02. The number of nitriles is 1. The molecule has 0 N–H and O–H groups in total. The molecule has 0 unspecified atom stereocenters. The fraction of sp³-hybridized carbons (Fsp3) is 0.538. The first-order chi connectivity index (χ1) is 8.22. The number of hydrogen-bond donors (Lipinski definition) is 0. The third-order valence-electron chi connectivity index (χ3n) is 2.78. The molecule has 0 saturated heterocycles. The maximum atomic E-state index is 9.02. The summed E-state index contributed by atoms with van der Waals surface area (Å²) in [5.74, 6) is 0.444. The largest absolute Gasteiger partial charge is 0.475 e. The van der Waals surface area contributed by atoms with Gasteiger partial charge in [0.1, 0.15) is 18.2 Å². The fourth-order valence-corrected chi connectivity index (χ4v) is 1.59. The maximum absolute atomic E-state index is 9.02. The van der Waals surface area contributed by atoms with E-state index in [2.05, 4.69) is 29.8 Å². The molecule has 4 nitrogen and oxygen atoms in total. The van der Waals surface area contributed by atoms with Crippen molar-refractivity contribution >= 4 is 0 Å². The van der Waals surface area contributed by atoms with Gasteiger partial charge in [0.25, 0.3) is 0 Å². The summed E-state index contributed by atoms with van der Waals surface area (Å²) in [6.45, 7) is 9.56. The van der Waals surface area contributed by atoms with E-state index in [4.69, 9.17) is 10.00 Å². The predicted molar refractivity (Wildman–Crippen MR) is 67.0 cm³/mol. The van der Waals surface area contributed by atoms with Gasteiger partial charge in [0.05, 0.1) is 0 Å². The van der Waals surface area contributed by atoms with Crippen molar-refractivity contribution in [3.05, 3.63) is 23.4 Å². The fourth-order valence-electron chi connectivity index (χ4n) is 1.59. The molecule has 1 aromatic rings. The summed E-state index contributed by atoms with van der Waals surface area (Å²) < 4.78 is 5.57. The van der Waals surface area contributed by atoms with Gasteiger partial charge in [-0.3, -0.25) is 0 Å². The Morgan fingerprint density at radius 3 is 2.71 bits per heavy atom. The number of aryl methyl sites for hydroxylation is 1. The quantitative estimate of drug-likeness (QED) is 0.754. The summed E-state index contributed by atoms with van der Waals surface area (Å²) in [4.78, 5) is 6.36. The lowest BCUT2D eigenvalue weighted by Gasteiger charge is -2.18. The van der Waals surface area contributed by atoms with Crippen LogP contribution in [0.15, 0.2) is 12.3 Å². The lowest BCUT2D eigenvalue weighted by atomic mass is 10.2. The van der Waals surface area contributed by atoms with Gasteiger partial charge in [-0.05, 0) is 31.6 Å².